The van der Waals surface area contributed by atoms with Crippen LogP contribution in [-0.2, 0) is 0 Å². The number of hydrogen-bond acceptors (Lipinski definition) is 5. The van der Waals surface area contributed by atoms with Crippen molar-refractivity contribution in [3.05, 3.63) is 65.2 Å². The van der Waals surface area contributed by atoms with Crippen molar-refractivity contribution in [3.63, 3.8) is 0 Å². The second-order valence-corrected chi connectivity index (χ2v) is 6.16. The first-order valence-electron chi connectivity index (χ1n) is 7.69. The molecule has 2 aromatic heterocycles. The normalized spacial score (nSPS) is 19.1. The van der Waals surface area contributed by atoms with Gasteiger partial charge in [0.1, 0.15) is 5.75 Å². The van der Waals surface area contributed by atoms with Gasteiger partial charge < -0.3 is 4.74 Å². The quantitative estimate of drug-likeness (QED) is 0.722. The Morgan fingerprint density at radius 2 is 1.62 bits per heavy atom. The molecule has 2 atom stereocenters. The number of nitrogens with zero attached hydrogens (tertiary/aromatic N) is 4. The Morgan fingerprint density at radius 1 is 0.958 bits per heavy atom. The molecule has 24 heavy (non-hydrogen) atoms. The SMILES string of the molecule is COc1cc([C@H]2C[C@H]2c2cnc(-c3ncccn3)nc2)ccc1Cl. The average molecular weight is 339 g/mol. The van der Waals surface area contributed by atoms with Crippen LogP contribution >= 0.6 is 11.6 Å². The van der Waals surface area contributed by atoms with Gasteiger partial charge in [0.15, 0.2) is 11.6 Å². The maximum absolute atomic E-state index is 6.09. The van der Waals surface area contributed by atoms with Crippen molar-refractivity contribution in [3.8, 4) is 17.4 Å². The van der Waals surface area contributed by atoms with E-state index in [0.717, 1.165) is 12.0 Å². The van der Waals surface area contributed by atoms with Crippen LogP contribution in [0.1, 0.15) is 29.4 Å². The van der Waals surface area contributed by atoms with Gasteiger partial charge in [-0.25, -0.2) is 19.9 Å². The summed E-state index contributed by atoms with van der Waals surface area (Å²) in [5.74, 6) is 2.69. The molecule has 4 rings (SSSR count). The van der Waals surface area contributed by atoms with Crippen molar-refractivity contribution in [2.45, 2.75) is 18.3 Å². The molecule has 1 fully saturated rings. The lowest BCUT2D eigenvalue weighted by molar-refractivity contribution is 0.414. The summed E-state index contributed by atoms with van der Waals surface area (Å²) in [6.45, 7) is 0. The summed E-state index contributed by atoms with van der Waals surface area (Å²) < 4.78 is 5.30. The van der Waals surface area contributed by atoms with E-state index in [4.69, 9.17) is 16.3 Å². The Morgan fingerprint density at radius 3 is 2.33 bits per heavy atom. The first-order chi connectivity index (χ1) is 11.8. The third kappa shape index (κ3) is 2.83. The molecule has 3 aromatic rings. The van der Waals surface area contributed by atoms with Crippen LogP contribution in [0.4, 0.5) is 0 Å². The van der Waals surface area contributed by atoms with Crippen molar-refractivity contribution in [1.82, 2.24) is 19.9 Å². The van der Waals surface area contributed by atoms with Gasteiger partial charge in [-0.3, -0.25) is 0 Å². The Labute approximate surface area is 144 Å². The fourth-order valence-corrected chi connectivity index (χ4v) is 3.09. The summed E-state index contributed by atoms with van der Waals surface area (Å²) in [5.41, 5.74) is 2.37. The van der Waals surface area contributed by atoms with E-state index in [1.54, 1.807) is 25.6 Å². The van der Waals surface area contributed by atoms with Gasteiger partial charge in [-0.05, 0) is 47.6 Å². The van der Waals surface area contributed by atoms with E-state index in [1.165, 1.54) is 5.56 Å². The lowest BCUT2D eigenvalue weighted by Gasteiger charge is -2.06. The van der Waals surface area contributed by atoms with Gasteiger partial charge in [0, 0.05) is 24.8 Å². The van der Waals surface area contributed by atoms with E-state index < -0.39 is 0 Å². The van der Waals surface area contributed by atoms with Gasteiger partial charge in [0.25, 0.3) is 0 Å². The molecule has 1 saturated carbocycles. The summed E-state index contributed by atoms with van der Waals surface area (Å²) in [6.07, 6.45) is 8.19. The number of hydrogen-bond donors (Lipinski definition) is 0. The molecule has 1 aliphatic carbocycles. The minimum atomic E-state index is 0.432. The van der Waals surface area contributed by atoms with Crippen LogP contribution in [0.25, 0.3) is 11.6 Å². The predicted octanol–water partition coefficient (Wildman–Crippen LogP) is 3.87. The van der Waals surface area contributed by atoms with Crippen LogP contribution in [0.5, 0.6) is 5.75 Å². The molecular weight excluding hydrogens is 324 g/mol. The second-order valence-electron chi connectivity index (χ2n) is 5.76. The highest BCUT2D eigenvalue weighted by Crippen LogP contribution is 2.55. The Kier molecular flexibility index (Phi) is 3.86. The number of rotatable bonds is 4. The highest BCUT2D eigenvalue weighted by molar-refractivity contribution is 6.32. The third-order valence-electron chi connectivity index (χ3n) is 4.26. The van der Waals surface area contributed by atoms with Gasteiger partial charge in [-0.1, -0.05) is 17.7 Å². The van der Waals surface area contributed by atoms with Crippen molar-refractivity contribution >= 4 is 11.6 Å². The van der Waals surface area contributed by atoms with Crippen molar-refractivity contribution in [2.75, 3.05) is 7.11 Å². The molecule has 0 bridgehead atoms. The van der Waals surface area contributed by atoms with Crippen LogP contribution in [0.3, 0.4) is 0 Å². The van der Waals surface area contributed by atoms with Crippen LogP contribution in [0.15, 0.2) is 49.1 Å². The molecule has 2 heterocycles. The monoisotopic (exact) mass is 338 g/mol. The van der Waals surface area contributed by atoms with Gasteiger partial charge in [-0.15, -0.1) is 0 Å². The molecule has 6 heteroatoms. The van der Waals surface area contributed by atoms with E-state index in [-0.39, 0.29) is 0 Å². The molecule has 1 aromatic carbocycles. The molecule has 0 saturated heterocycles. The van der Waals surface area contributed by atoms with Gasteiger partial charge >= 0.3 is 0 Å². The molecule has 0 radical (unpaired) electrons. The molecule has 120 valence electrons. The highest BCUT2D eigenvalue weighted by Gasteiger charge is 2.40. The number of benzene rings is 1. The molecule has 5 nitrogen and oxygen atoms in total. The van der Waals surface area contributed by atoms with Crippen molar-refractivity contribution < 1.29 is 4.74 Å². The Bertz CT molecular complexity index is 855. The highest BCUT2D eigenvalue weighted by atomic mass is 35.5. The van der Waals surface area contributed by atoms with Crippen LogP contribution in [0, 0.1) is 0 Å². The summed E-state index contributed by atoms with van der Waals surface area (Å²) in [4.78, 5) is 17.1. The third-order valence-corrected chi connectivity index (χ3v) is 4.57. The first kappa shape index (κ1) is 15.0. The molecule has 0 spiro atoms. The van der Waals surface area contributed by atoms with E-state index >= 15 is 0 Å². The lowest BCUT2D eigenvalue weighted by atomic mass is 10.1. The topological polar surface area (TPSA) is 60.8 Å². The molecular formula is C18H15ClN4O. The summed E-state index contributed by atoms with van der Waals surface area (Å²) in [5, 5.41) is 0.633. The van der Waals surface area contributed by atoms with Crippen molar-refractivity contribution in [1.29, 1.82) is 0 Å². The zero-order chi connectivity index (χ0) is 16.5. The Balaban J connectivity index is 1.52. The molecule has 1 aliphatic rings. The average Bonchev–Trinajstić information content (AvgIpc) is 3.44. The first-order valence-corrected chi connectivity index (χ1v) is 8.07. The minimum absolute atomic E-state index is 0.432. The minimum Gasteiger partial charge on any atom is -0.495 e. The van der Waals surface area contributed by atoms with Crippen LogP contribution in [0.2, 0.25) is 5.02 Å². The Hall–Kier alpha value is -2.53. The van der Waals surface area contributed by atoms with E-state index in [1.807, 2.05) is 24.5 Å². The van der Waals surface area contributed by atoms with Gasteiger partial charge in [0.2, 0.25) is 0 Å². The van der Waals surface area contributed by atoms with E-state index in [2.05, 4.69) is 26.0 Å². The number of methoxy groups -OCH3 is 1. The van der Waals surface area contributed by atoms with E-state index in [9.17, 15) is 0 Å². The van der Waals surface area contributed by atoms with Gasteiger partial charge in [0.05, 0.1) is 12.1 Å². The number of halogens is 1. The lowest BCUT2D eigenvalue weighted by Crippen LogP contribution is -1.96. The maximum atomic E-state index is 6.09. The summed E-state index contributed by atoms with van der Waals surface area (Å²) in [6, 6.07) is 7.73. The standard InChI is InChI=1S/C18H15ClN4O/c1-24-16-7-11(3-4-15(16)19)13-8-14(13)12-9-22-18(23-10-12)17-20-5-2-6-21-17/h2-7,9-10,13-14H,8H2,1H3/t13-,14+/m1/s1. The zero-order valence-electron chi connectivity index (χ0n) is 13.1. The number of ether oxygens (including phenoxy) is 1. The molecule has 0 unspecified atom stereocenters. The molecule has 0 amide bonds. The van der Waals surface area contributed by atoms with Crippen LogP contribution < -0.4 is 4.74 Å². The largest absolute Gasteiger partial charge is 0.495 e. The van der Waals surface area contributed by atoms with Crippen LogP contribution in [-0.4, -0.2) is 27.0 Å². The summed E-state index contributed by atoms with van der Waals surface area (Å²) >= 11 is 6.09. The fraction of sp³-hybridized carbons (Fsp3) is 0.222. The number of aromatic nitrogens is 4. The summed E-state index contributed by atoms with van der Waals surface area (Å²) in [7, 11) is 1.63. The smallest absolute Gasteiger partial charge is 0.197 e. The zero-order valence-corrected chi connectivity index (χ0v) is 13.8. The second kappa shape index (κ2) is 6.17. The predicted molar refractivity (Wildman–Crippen MR) is 91.2 cm³/mol. The maximum Gasteiger partial charge on any atom is 0.197 e. The molecule has 0 aliphatic heterocycles. The van der Waals surface area contributed by atoms with E-state index in [0.29, 0.717) is 34.3 Å². The van der Waals surface area contributed by atoms with Crippen molar-refractivity contribution in [2.24, 2.45) is 0 Å². The fourth-order valence-electron chi connectivity index (χ4n) is 2.90. The van der Waals surface area contributed by atoms with Gasteiger partial charge in [-0.2, -0.15) is 0 Å². The molecule has 0 N–H and O–H groups in total.